The quantitative estimate of drug-likeness (QED) is 0.509. The van der Waals surface area contributed by atoms with Crippen molar-refractivity contribution in [2.24, 2.45) is 0 Å². The molecule has 8 nitrogen and oxygen atoms in total. The maximum absolute atomic E-state index is 12.2. The van der Waals surface area contributed by atoms with E-state index in [1.165, 1.54) is 10.7 Å². The van der Waals surface area contributed by atoms with Gasteiger partial charge < -0.3 is 19.5 Å². The average molecular weight is 452 g/mol. The van der Waals surface area contributed by atoms with E-state index >= 15 is 0 Å². The van der Waals surface area contributed by atoms with Crippen molar-refractivity contribution >= 4 is 5.91 Å². The number of carbonyl (C=O) groups excluding carboxylic acids is 1. The van der Waals surface area contributed by atoms with Gasteiger partial charge in [0.05, 0.1) is 26.5 Å². The van der Waals surface area contributed by atoms with Crippen LogP contribution in [0.5, 0.6) is 17.2 Å². The van der Waals surface area contributed by atoms with E-state index in [0.717, 1.165) is 11.1 Å². The normalized spacial score (nSPS) is 10.7. The van der Waals surface area contributed by atoms with E-state index < -0.39 is 0 Å². The van der Waals surface area contributed by atoms with Crippen molar-refractivity contribution in [2.45, 2.75) is 26.3 Å². The van der Waals surface area contributed by atoms with Crippen LogP contribution in [0.25, 0.3) is 11.3 Å². The zero-order valence-electron chi connectivity index (χ0n) is 19.3. The Morgan fingerprint density at radius 3 is 2.48 bits per heavy atom. The van der Waals surface area contributed by atoms with Crippen LogP contribution >= 0.6 is 0 Å². The molecule has 0 saturated carbocycles. The number of aromatic nitrogens is 2. The summed E-state index contributed by atoms with van der Waals surface area (Å²) < 4.78 is 17.6. The summed E-state index contributed by atoms with van der Waals surface area (Å²) in [5, 5.41) is 7.19. The smallest absolute Gasteiger partial charge is 0.266 e. The molecule has 0 atom stereocenters. The third kappa shape index (κ3) is 6.12. The van der Waals surface area contributed by atoms with Gasteiger partial charge in [-0.05, 0) is 41.8 Å². The standard InChI is InChI=1S/C25H29N3O5/c1-17(2)19-7-5-6-8-21(19)33-16-24(29)26-13-14-28-25(30)12-10-20(27-28)18-9-11-22(31-3)23(15-18)32-4/h5-12,15,17H,13-14,16H2,1-4H3,(H,26,29). The molecule has 3 aromatic rings. The predicted octanol–water partition coefficient (Wildman–Crippen LogP) is 3.25. The largest absolute Gasteiger partial charge is 0.493 e. The Morgan fingerprint density at radius 1 is 1.00 bits per heavy atom. The van der Waals surface area contributed by atoms with Crippen LogP contribution in [0.15, 0.2) is 59.4 Å². The Hall–Kier alpha value is -3.81. The fourth-order valence-corrected chi connectivity index (χ4v) is 3.34. The first kappa shape index (κ1) is 23.8. The SMILES string of the molecule is COc1ccc(-c2ccc(=O)n(CCNC(=O)COc3ccccc3C(C)C)n2)cc1OC. The fraction of sp³-hybridized carbons (Fsp3) is 0.320. The molecule has 8 heteroatoms. The lowest BCUT2D eigenvalue weighted by Crippen LogP contribution is -2.34. The number of carbonyl (C=O) groups is 1. The van der Waals surface area contributed by atoms with Crippen molar-refractivity contribution in [3.05, 3.63) is 70.5 Å². The van der Waals surface area contributed by atoms with Gasteiger partial charge in [0.15, 0.2) is 18.1 Å². The third-order valence-electron chi connectivity index (χ3n) is 5.09. The molecule has 3 rings (SSSR count). The van der Waals surface area contributed by atoms with Crippen molar-refractivity contribution in [3.63, 3.8) is 0 Å². The van der Waals surface area contributed by atoms with Crippen LogP contribution in [-0.2, 0) is 11.3 Å². The van der Waals surface area contributed by atoms with E-state index in [-0.39, 0.29) is 31.2 Å². The molecule has 0 aliphatic rings. The van der Waals surface area contributed by atoms with Crippen molar-refractivity contribution in [1.82, 2.24) is 15.1 Å². The number of nitrogens with zero attached hydrogens (tertiary/aromatic N) is 2. The molecule has 1 N–H and O–H groups in total. The maximum Gasteiger partial charge on any atom is 0.266 e. The molecule has 0 spiro atoms. The number of nitrogens with one attached hydrogen (secondary N) is 1. The number of ether oxygens (including phenoxy) is 3. The summed E-state index contributed by atoms with van der Waals surface area (Å²) in [5.74, 6) is 1.90. The van der Waals surface area contributed by atoms with Crippen LogP contribution < -0.4 is 25.1 Å². The minimum atomic E-state index is -0.266. The van der Waals surface area contributed by atoms with Gasteiger partial charge in [-0.2, -0.15) is 5.10 Å². The second-order valence-electron chi connectivity index (χ2n) is 7.68. The molecular formula is C25H29N3O5. The Labute approximate surface area is 193 Å². The molecule has 33 heavy (non-hydrogen) atoms. The summed E-state index contributed by atoms with van der Waals surface area (Å²) in [6, 6.07) is 16.2. The highest BCUT2D eigenvalue weighted by Crippen LogP contribution is 2.31. The molecule has 1 aromatic heterocycles. The first-order valence-electron chi connectivity index (χ1n) is 10.7. The molecule has 0 saturated heterocycles. The van der Waals surface area contributed by atoms with Gasteiger partial charge in [-0.3, -0.25) is 9.59 Å². The Kier molecular flexibility index (Phi) is 8.07. The zero-order valence-corrected chi connectivity index (χ0v) is 19.3. The Bertz CT molecular complexity index is 1160. The zero-order chi connectivity index (χ0) is 23.8. The highest BCUT2D eigenvalue weighted by Gasteiger charge is 2.11. The van der Waals surface area contributed by atoms with Crippen molar-refractivity contribution in [1.29, 1.82) is 0 Å². The van der Waals surface area contributed by atoms with Crippen molar-refractivity contribution in [3.8, 4) is 28.5 Å². The van der Waals surface area contributed by atoms with E-state index in [1.807, 2.05) is 30.3 Å². The summed E-state index contributed by atoms with van der Waals surface area (Å²) in [6.07, 6.45) is 0. The van der Waals surface area contributed by atoms with Gasteiger partial charge in [-0.25, -0.2) is 4.68 Å². The molecule has 0 bridgehead atoms. The molecule has 0 unspecified atom stereocenters. The summed E-state index contributed by atoms with van der Waals surface area (Å²) in [7, 11) is 3.13. The number of para-hydroxylation sites is 1. The fourth-order valence-electron chi connectivity index (χ4n) is 3.34. The maximum atomic E-state index is 12.2. The predicted molar refractivity (Wildman–Crippen MR) is 126 cm³/mol. The topological polar surface area (TPSA) is 91.7 Å². The van der Waals surface area contributed by atoms with Crippen molar-refractivity contribution in [2.75, 3.05) is 27.4 Å². The van der Waals surface area contributed by atoms with Crippen LogP contribution in [0.2, 0.25) is 0 Å². The highest BCUT2D eigenvalue weighted by atomic mass is 16.5. The molecule has 174 valence electrons. The Morgan fingerprint density at radius 2 is 1.76 bits per heavy atom. The molecule has 0 aliphatic carbocycles. The second-order valence-corrected chi connectivity index (χ2v) is 7.68. The molecular weight excluding hydrogens is 422 g/mol. The number of hydrogen-bond acceptors (Lipinski definition) is 6. The summed E-state index contributed by atoms with van der Waals surface area (Å²) in [5.41, 5.74) is 2.18. The molecule has 1 amide bonds. The number of methoxy groups -OCH3 is 2. The lowest BCUT2D eigenvalue weighted by molar-refractivity contribution is -0.123. The number of rotatable bonds is 10. The van der Waals surface area contributed by atoms with Gasteiger partial charge in [0.2, 0.25) is 0 Å². The van der Waals surface area contributed by atoms with E-state index in [1.54, 1.807) is 32.4 Å². The molecule has 1 heterocycles. The number of benzene rings is 2. The number of hydrogen-bond donors (Lipinski definition) is 1. The molecule has 0 fully saturated rings. The van der Waals surface area contributed by atoms with E-state index in [2.05, 4.69) is 24.3 Å². The van der Waals surface area contributed by atoms with Crippen molar-refractivity contribution < 1.29 is 19.0 Å². The summed E-state index contributed by atoms with van der Waals surface area (Å²) in [6.45, 7) is 4.52. The molecule has 2 aromatic carbocycles. The number of amides is 1. The molecule has 0 radical (unpaired) electrons. The molecule has 0 aliphatic heterocycles. The Balaban J connectivity index is 1.60. The van der Waals surface area contributed by atoms with Crippen LogP contribution in [0.1, 0.15) is 25.3 Å². The highest BCUT2D eigenvalue weighted by molar-refractivity contribution is 5.77. The second kappa shape index (κ2) is 11.2. The van der Waals surface area contributed by atoms with Gasteiger partial charge in [-0.15, -0.1) is 0 Å². The summed E-state index contributed by atoms with van der Waals surface area (Å²) >= 11 is 0. The van der Waals surface area contributed by atoms with Crippen LogP contribution in [0.3, 0.4) is 0 Å². The lowest BCUT2D eigenvalue weighted by atomic mass is 10.0. The monoisotopic (exact) mass is 451 g/mol. The van der Waals surface area contributed by atoms with Crippen LogP contribution in [0.4, 0.5) is 0 Å². The third-order valence-corrected chi connectivity index (χ3v) is 5.09. The summed E-state index contributed by atoms with van der Waals surface area (Å²) in [4.78, 5) is 24.5. The minimum absolute atomic E-state index is 0.0995. The van der Waals surface area contributed by atoms with Crippen LogP contribution in [-0.4, -0.2) is 43.1 Å². The van der Waals surface area contributed by atoms with Gasteiger partial charge in [0.25, 0.3) is 11.5 Å². The lowest BCUT2D eigenvalue weighted by Gasteiger charge is -2.14. The van der Waals surface area contributed by atoms with Gasteiger partial charge in [0.1, 0.15) is 5.75 Å². The van der Waals surface area contributed by atoms with E-state index in [0.29, 0.717) is 28.9 Å². The van der Waals surface area contributed by atoms with E-state index in [4.69, 9.17) is 14.2 Å². The minimum Gasteiger partial charge on any atom is -0.493 e. The first-order chi connectivity index (χ1) is 15.9. The van der Waals surface area contributed by atoms with Gasteiger partial charge in [-0.1, -0.05) is 32.0 Å². The van der Waals surface area contributed by atoms with Gasteiger partial charge in [0, 0.05) is 18.2 Å². The van der Waals surface area contributed by atoms with E-state index in [9.17, 15) is 9.59 Å². The van der Waals surface area contributed by atoms with Crippen LogP contribution in [0, 0.1) is 0 Å². The van der Waals surface area contributed by atoms with Gasteiger partial charge >= 0.3 is 0 Å². The first-order valence-corrected chi connectivity index (χ1v) is 10.7. The average Bonchev–Trinajstić information content (AvgIpc) is 2.83.